The van der Waals surface area contributed by atoms with E-state index in [0.29, 0.717) is 18.6 Å². The molecular weight excluding hydrogens is 340 g/mol. The number of nitrogens with one attached hydrogen (secondary N) is 1. The largest absolute Gasteiger partial charge is 0.337 e. The average Bonchev–Trinajstić information content (AvgIpc) is 2.87. The summed E-state index contributed by atoms with van der Waals surface area (Å²) in [6, 6.07) is 7.17. The van der Waals surface area contributed by atoms with E-state index in [1.807, 2.05) is 38.4 Å². The van der Waals surface area contributed by atoms with Crippen molar-refractivity contribution in [2.45, 2.75) is 53.0 Å². The molecule has 6 heteroatoms. The summed E-state index contributed by atoms with van der Waals surface area (Å²) in [5.41, 5.74) is 1.15. The molecule has 0 unspecified atom stereocenters. The van der Waals surface area contributed by atoms with Crippen molar-refractivity contribution in [3.8, 4) is 0 Å². The zero-order valence-electron chi connectivity index (χ0n) is 17.4. The summed E-state index contributed by atoms with van der Waals surface area (Å²) >= 11 is 0. The second kappa shape index (κ2) is 9.22. The molecule has 1 heterocycles. The first kappa shape index (κ1) is 21.2. The van der Waals surface area contributed by atoms with Gasteiger partial charge < -0.3 is 10.2 Å². The number of hydrogen-bond donors (Lipinski definition) is 1. The predicted octanol–water partition coefficient (Wildman–Crippen LogP) is 3.53. The van der Waals surface area contributed by atoms with Gasteiger partial charge in [0.05, 0.1) is 11.0 Å². The number of para-hydroxylation sites is 2. The fourth-order valence-electron chi connectivity index (χ4n) is 3.62. The molecule has 2 aromatic rings. The number of aryl methyl sites for hydroxylation is 1. The molecule has 1 aromatic carbocycles. The van der Waals surface area contributed by atoms with E-state index in [0.717, 1.165) is 37.7 Å². The van der Waals surface area contributed by atoms with Crippen LogP contribution in [-0.2, 0) is 6.54 Å². The molecule has 6 nitrogen and oxygen atoms in total. The summed E-state index contributed by atoms with van der Waals surface area (Å²) in [6.45, 7) is 8.37. The summed E-state index contributed by atoms with van der Waals surface area (Å²) in [6.07, 6.45) is 4.35. The molecule has 1 amide bonds. The Hall–Kier alpha value is -2.08. The van der Waals surface area contributed by atoms with Crippen LogP contribution in [0, 0.1) is 5.41 Å². The Balaban J connectivity index is 2.23. The molecule has 1 N–H and O–H groups in total. The quantitative estimate of drug-likeness (QED) is 0.683. The molecule has 0 bridgehead atoms. The fraction of sp³-hybridized carbons (Fsp3) is 0.619. The number of unbranched alkanes of at least 4 members (excludes halogenated alkanes) is 3. The molecule has 2 rings (SSSR count). The van der Waals surface area contributed by atoms with Gasteiger partial charge in [0, 0.05) is 19.6 Å². The monoisotopic (exact) mass is 374 g/mol. The minimum absolute atomic E-state index is 0.0821. The molecule has 0 aliphatic carbocycles. The van der Waals surface area contributed by atoms with Crippen molar-refractivity contribution < 1.29 is 4.79 Å². The van der Waals surface area contributed by atoms with Gasteiger partial charge in [0.25, 0.3) is 0 Å². The molecule has 0 spiro atoms. The fourth-order valence-corrected chi connectivity index (χ4v) is 3.62. The Bertz CT molecular complexity index is 817. The highest BCUT2D eigenvalue weighted by Gasteiger charge is 2.22. The van der Waals surface area contributed by atoms with Crippen molar-refractivity contribution in [1.29, 1.82) is 0 Å². The van der Waals surface area contributed by atoms with Crippen LogP contribution in [0.2, 0.25) is 0 Å². The molecule has 0 aliphatic heterocycles. The number of amides is 1. The zero-order valence-corrected chi connectivity index (χ0v) is 17.4. The van der Waals surface area contributed by atoms with E-state index in [1.54, 1.807) is 4.57 Å². The minimum atomic E-state index is -0.352. The van der Waals surface area contributed by atoms with Gasteiger partial charge in [-0.15, -0.1) is 0 Å². The van der Waals surface area contributed by atoms with Gasteiger partial charge in [-0.3, -0.25) is 4.57 Å². The van der Waals surface area contributed by atoms with E-state index >= 15 is 0 Å². The minimum Gasteiger partial charge on any atom is -0.337 e. The van der Waals surface area contributed by atoms with Gasteiger partial charge in [0.1, 0.15) is 0 Å². The van der Waals surface area contributed by atoms with Gasteiger partial charge in [0.15, 0.2) is 0 Å². The molecule has 27 heavy (non-hydrogen) atoms. The number of rotatable bonds is 9. The Morgan fingerprint density at radius 1 is 1.11 bits per heavy atom. The molecular formula is C21H34N4O2. The SMILES string of the molecule is CCCCCCn1c(=O)n(C(=O)NCC(C)(C)CN(C)C)c2ccccc21. The predicted molar refractivity (Wildman–Crippen MR) is 111 cm³/mol. The molecule has 0 atom stereocenters. The van der Waals surface area contributed by atoms with Gasteiger partial charge in [-0.2, -0.15) is 0 Å². The summed E-state index contributed by atoms with van der Waals surface area (Å²) < 4.78 is 3.01. The molecule has 150 valence electrons. The number of carbonyl (C=O) groups is 1. The van der Waals surface area contributed by atoms with E-state index in [4.69, 9.17) is 0 Å². The summed E-state index contributed by atoms with van der Waals surface area (Å²) in [4.78, 5) is 27.9. The van der Waals surface area contributed by atoms with Crippen LogP contribution in [0.4, 0.5) is 4.79 Å². The number of nitrogens with zero attached hydrogens (tertiary/aromatic N) is 3. The smallest absolute Gasteiger partial charge is 0.337 e. The second-order valence-electron chi connectivity index (χ2n) is 8.38. The number of benzene rings is 1. The maximum absolute atomic E-state index is 13.0. The normalized spacial score (nSPS) is 12.1. The average molecular weight is 375 g/mol. The van der Waals surface area contributed by atoms with Crippen molar-refractivity contribution in [2.75, 3.05) is 27.2 Å². The number of imidazole rings is 1. The third-order valence-electron chi connectivity index (χ3n) is 4.74. The summed E-state index contributed by atoms with van der Waals surface area (Å²) in [5, 5.41) is 2.95. The lowest BCUT2D eigenvalue weighted by Gasteiger charge is -2.28. The summed E-state index contributed by atoms with van der Waals surface area (Å²) in [5.74, 6) is 0. The number of hydrogen-bond acceptors (Lipinski definition) is 3. The van der Waals surface area contributed by atoms with Gasteiger partial charge in [-0.1, -0.05) is 52.2 Å². The molecule has 0 saturated heterocycles. The van der Waals surface area contributed by atoms with Crippen molar-refractivity contribution in [3.05, 3.63) is 34.7 Å². The highest BCUT2D eigenvalue weighted by atomic mass is 16.2. The second-order valence-corrected chi connectivity index (χ2v) is 8.38. The lowest BCUT2D eigenvalue weighted by atomic mass is 9.93. The van der Waals surface area contributed by atoms with Crippen LogP contribution in [-0.4, -0.2) is 47.3 Å². The van der Waals surface area contributed by atoms with Crippen LogP contribution in [0.15, 0.2) is 29.1 Å². The van der Waals surface area contributed by atoms with Crippen LogP contribution in [0.1, 0.15) is 46.5 Å². The van der Waals surface area contributed by atoms with Crippen molar-refractivity contribution in [3.63, 3.8) is 0 Å². The Morgan fingerprint density at radius 2 is 1.78 bits per heavy atom. The molecule has 0 saturated carbocycles. The topological polar surface area (TPSA) is 59.3 Å². The molecule has 1 aromatic heterocycles. The lowest BCUT2D eigenvalue weighted by molar-refractivity contribution is 0.216. The van der Waals surface area contributed by atoms with E-state index in [1.165, 1.54) is 4.57 Å². The third-order valence-corrected chi connectivity index (χ3v) is 4.74. The zero-order chi connectivity index (χ0) is 20.0. The maximum atomic E-state index is 13.0. The van der Waals surface area contributed by atoms with Crippen molar-refractivity contribution in [2.24, 2.45) is 5.41 Å². The number of fused-ring (bicyclic) bond motifs is 1. The Labute approximate surface area is 162 Å². The maximum Gasteiger partial charge on any atom is 0.337 e. The van der Waals surface area contributed by atoms with Crippen LogP contribution in [0.5, 0.6) is 0 Å². The van der Waals surface area contributed by atoms with E-state index in [2.05, 4.69) is 31.0 Å². The first-order valence-corrected chi connectivity index (χ1v) is 9.90. The van der Waals surface area contributed by atoms with E-state index in [-0.39, 0.29) is 17.1 Å². The lowest BCUT2D eigenvalue weighted by Crippen LogP contribution is -2.43. The molecule has 0 fully saturated rings. The van der Waals surface area contributed by atoms with Crippen LogP contribution in [0.25, 0.3) is 11.0 Å². The molecule has 0 radical (unpaired) electrons. The van der Waals surface area contributed by atoms with Gasteiger partial charge >= 0.3 is 11.7 Å². The number of carbonyl (C=O) groups excluding carboxylic acids is 1. The Kier molecular flexibility index (Phi) is 7.25. The van der Waals surface area contributed by atoms with Gasteiger partial charge in [-0.05, 0) is 38.1 Å². The van der Waals surface area contributed by atoms with Crippen LogP contribution < -0.4 is 11.0 Å². The van der Waals surface area contributed by atoms with Gasteiger partial charge in [0.2, 0.25) is 0 Å². The first-order valence-electron chi connectivity index (χ1n) is 9.90. The Morgan fingerprint density at radius 3 is 2.41 bits per heavy atom. The van der Waals surface area contributed by atoms with E-state index < -0.39 is 0 Å². The summed E-state index contributed by atoms with van der Waals surface area (Å²) in [7, 11) is 4.03. The highest BCUT2D eigenvalue weighted by molar-refractivity contribution is 5.89. The van der Waals surface area contributed by atoms with Crippen LogP contribution >= 0.6 is 0 Å². The van der Waals surface area contributed by atoms with Crippen molar-refractivity contribution >= 4 is 17.1 Å². The van der Waals surface area contributed by atoms with Crippen LogP contribution in [0.3, 0.4) is 0 Å². The standard InChI is InChI=1S/C21H34N4O2/c1-6-7-8-11-14-24-17-12-9-10-13-18(17)25(20(24)27)19(26)22-15-21(2,3)16-23(4)5/h9-10,12-13H,6-8,11,14-16H2,1-5H3,(H,22,26). The number of aromatic nitrogens is 2. The molecule has 0 aliphatic rings. The first-order chi connectivity index (χ1) is 12.8. The third kappa shape index (κ3) is 5.45. The van der Waals surface area contributed by atoms with Gasteiger partial charge in [-0.25, -0.2) is 14.2 Å². The van der Waals surface area contributed by atoms with E-state index in [9.17, 15) is 9.59 Å². The highest BCUT2D eigenvalue weighted by Crippen LogP contribution is 2.16. The van der Waals surface area contributed by atoms with Crippen molar-refractivity contribution in [1.82, 2.24) is 19.4 Å².